The first kappa shape index (κ1) is 17.3. The number of piperidine rings is 1. The predicted molar refractivity (Wildman–Crippen MR) is 89.7 cm³/mol. The molecule has 24 heavy (non-hydrogen) atoms. The Morgan fingerprint density at radius 3 is 2.50 bits per heavy atom. The Kier molecular flexibility index (Phi) is 5.82. The van der Waals surface area contributed by atoms with Crippen LogP contribution in [-0.2, 0) is 4.79 Å². The van der Waals surface area contributed by atoms with Gasteiger partial charge < -0.3 is 10.6 Å². The van der Waals surface area contributed by atoms with Crippen LogP contribution in [0.4, 0.5) is 8.78 Å². The molecule has 3 nitrogen and oxygen atoms in total. The van der Waals surface area contributed by atoms with Crippen LogP contribution in [0.3, 0.4) is 0 Å². The number of nitrogens with one attached hydrogen (secondary N) is 2. The first-order chi connectivity index (χ1) is 11.6. The van der Waals surface area contributed by atoms with Crippen LogP contribution in [-0.4, -0.2) is 25.0 Å². The number of amides is 1. The van der Waals surface area contributed by atoms with Crippen molar-refractivity contribution in [2.45, 2.75) is 56.9 Å². The van der Waals surface area contributed by atoms with E-state index in [0.717, 1.165) is 44.2 Å². The van der Waals surface area contributed by atoms with Crippen LogP contribution < -0.4 is 10.6 Å². The van der Waals surface area contributed by atoms with Crippen LogP contribution >= 0.6 is 0 Å². The Balaban J connectivity index is 1.69. The fourth-order valence-electron chi connectivity index (χ4n) is 3.99. The fourth-order valence-corrected chi connectivity index (χ4v) is 3.99. The van der Waals surface area contributed by atoms with E-state index in [1.54, 1.807) is 6.07 Å². The highest BCUT2D eigenvalue weighted by Gasteiger charge is 2.30. The second-order valence-electron chi connectivity index (χ2n) is 7.08. The van der Waals surface area contributed by atoms with Crippen LogP contribution in [0, 0.1) is 17.6 Å². The molecule has 2 aliphatic rings. The van der Waals surface area contributed by atoms with E-state index in [9.17, 15) is 13.6 Å². The van der Waals surface area contributed by atoms with Crippen molar-refractivity contribution in [2.24, 2.45) is 5.92 Å². The minimum atomic E-state index is -0.827. The number of halogens is 2. The smallest absolute Gasteiger partial charge is 0.223 e. The van der Waals surface area contributed by atoms with Crippen molar-refractivity contribution < 1.29 is 13.6 Å². The Morgan fingerprint density at radius 1 is 1.04 bits per heavy atom. The third-order valence-electron chi connectivity index (χ3n) is 5.41. The summed E-state index contributed by atoms with van der Waals surface area (Å²) in [7, 11) is 0. The monoisotopic (exact) mass is 336 g/mol. The van der Waals surface area contributed by atoms with Crippen molar-refractivity contribution in [3.05, 3.63) is 35.4 Å². The van der Waals surface area contributed by atoms with Crippen LogP contribution in [0.2, 0.25) is 0 Å². The molecule has 5 heteroatoms. The lowest BCUT2D eigenvalue weighted by atomic mass is 9.85. The van der Waals surface area contributed by atoms with E-state index in [4.69, 9.17) is 0 Å². The van der Waals surface area contributed by atoms with Gasteiger partial charge in [-0.25, -0.2) is 8.78 Å². The highest BCUT2D eigenvalue weighted by atomic mass is 19.2. The highest BCUT2D eigenvalue weighted by Crippen LogP contribution is 2.28. The average molecular weight is 336 g/mol. The van der Waals surface area contributed by atoms with Gasteiger partial charge in [0.2, 0.25) is 5.91 Å². The summed E-state index contributed by atoms with van der Waals surface area (Å²) in [6.07, 6.45) is 7.39. The summed E-state index contributed by atoms with van der Waals surface area (Å²) in [5, 5.41) is 6.48. The summed E-state index contributed by atoms with van der Waals surface area (Å²) in [5.41, 5.74) is 0.765. The van der Waals surface area contributed by atoms with Crippen LogP contribution in [0.15, 0.2) is 18.2 Å². The summed E-state index contributed by atoms with van der Waals surface area (Å²) in [4.78, 5) is 12.6. The molecule has 1 aliphatic heterocycles. The molecular formula is C19H26F2N2O. The maximum absolute atomic E-state index is 13.6. The molecular weight excluding hydrogens is 310 g/mol. The van der Waals surface area contributed by atoms with Crippen LogP contribution in [0.5, 0.6) is 0 Å². The van der Waals surface area contributed by atoms with E-state index >= 15 is 0 Å². The summed E-state index contributed by atoms with van der Waals surface area (Å²) in [6, 6.07) is 4.02. The maximum atomic E-state index is 13.6. The molecule has 1 aromatic rings. The highest BCUT2D eigenvalue weighted by molar-refractivity contribution is 5.79. The second-order valence-corrected chi connectivity index (χ2v) is 7.08. The van der Waals surface area contributed by atoms with Crippen molar-refractivity contribution >= 4 is 5.91 Å². The molecule has 0 aromatic heterocycles. The second kappa shape index (κ2) is 8.06. The van der Waals surface area contributed by atoms with Gasteiger partial charge in [-0.3, -0.25) is 4.79 Å². The van der Waals surface area contributed by atoms with Crippen molar-refractivity contribution in [1.82, 2.24) is 10.6 Å². The van der Waals surface area contributed by atoms with E-state index in [2.05, 4.69) is 10.6 Å². The molecule has 1 saturated carbocycles. The molecule has 1 saturated heterocycles. The van der Waals surface area contributed by atoms with Gasteiger partial charge in [0.05, 0.1) is 0 Å². The minimum Gasteiger partial charge on any atom is -0.351 e. The van der Waals surface area contributed by atoms with E-state index in [1.807, 2.05) is 0 Å². The molecule has 0 bridgehead atoms. The number of carbonyl (C=O) groups is 1. The van der Waals surface area contributed by atoms with Gasteiger partial charge in [-0.15, -0.1) is 0 Å². The normalized spacial score (nSPS) is 25.9. The topological polar surface area (TPSA) is 41.1 Å². The number of hydrogen-bond donors (Lipinski definition) is 2. The lowest BCUT2D eigenvalue weighted by Gasteiger charge is -2.34. The van der Waals surface area contributed by atoms with Gasteiger partial charge in [0.15, 0.2) is 11.6 Å². The molecule has 1 amide bonds. The minimum absolute atomic E-state index is 0.0241. The maximum Gasteiger partial charge on any atom is 0.223 e. The summed E-state index contributed by atoms with van der Waals surface area (Å²) >= 11 is 0. The van der Waals surface area contributed by atoms with Crippen LogP contribution in [0.1, 0.15) is 56.4 Å². The zero-order valence-electron chi connectivity index (χ0n) is 14.0. The molecule has 2 fully saturated rings. The van der Waals surface area contributed by atoms with Crippen molar-refractivity contribution in [2.75, 3.05) is 13.1 Å². The van der Waals surface area contributed by atoms with Gasteiger partial charge >= 0.3 is 0 Å². The number of hydrogen-bond acceptors (Lipinski definition) is 2. The molecule has 2 unspecified atom stereocenters. The van der Waals surface area contributed by atoms with Crippen molar-refractivity contribution in [3.8, 4) is 0 Å². The molecule has 1 aliphatic carbocycles. The van der Waals surface area contributed by atoms with Crippen molar-refractivity contribution in [1.29, 1.82) is 0 Å². The first-order valence-electron chi connectivity index (χ1n) is 9.11. The van der Waals surface area contributed by atoms with Gasteiger partial charge in [-0.2, -0.15) is 0 Å². The molecule has 1 aromatic carbocycles. The number of rotatable bonds is 3. The molecule has 3 rings (SSSR count). The quantitative estimate of drug-likeness (QED) is 0.830. The van der Waals surface area contributed by atoms with E-state index in [1.165, 1.54) is 25.0 Å². The molecule has 132 valence electrons. The van der Waals surface area contributed by atoms with Crippen LogP contribution in [0.25, 0.3) is 0 Å². The van der Waals surface area contributed by atoms with Crippen molar-refractivity contribution in [3.63, 3.8) is 0 Å². The Bertz CT molecular complexity index is 570. The summed E-state index contributed by atoms with van der Waals surface area (Å²) in [5.74, 6) is -1.40. The average Bonchev–Trinajstić information content (AvgIpc) is 2.87. The summed E-state index contributed by atoms with van der Waals surface area (Å²) in [6.45, 7) is 1.49. The largest absolute Gasteiger partial charge is 0.351 e. The Morgan fingerprint density at radius 2 is 1.79 bits per heavy atom. The third-order valence-corrected chi connectivity index (χ3v) is 5.41. The molecule has 2 N–H and O–H groups in total. The first-order valence-corrected chi connectivity index (χ1v) is 9.11. The zero-order chi connectivity index (χ0) is 16.9. The molecule has 2 atom stereocenters. The molecule has 1 heterocycles. The lowest BCUT2D eigenvalue weighted by molar-refractivity contribution is -0.126. The molecule has 0 radical (unpaired) electrons. The van der Waals surface area contributed by atoms with Gasteiger partial charge in [-0.05, 0) is 43.5 Å². The Labute approximate surface area is 142 Å². The van der Waals surface area contributed by atoms with Gasteiger partial charge in [-0.1, -0.05) is 31.7 Å². The zero-order valence-corrected chi connectivity index (χ0v) is 14.0. The van der Waals surface area contributed by atoms with E-state index < -0.39 is 11.6 Å². The Hall–Kier alpha value is -1.49. The van der Waals surface area contributed by atoms with E-state index in [-0.39, 0.29) is 23.8 Å². The fraction of sp³-hybridized carbons (Fsp3) is 0.632. The molecule has 0 spiro atoms. The SMILES string of the molecule is O=C(NC1CNCCC1c1ccc(F)c(F)c1)C1CCCCCC1. The van der Waals surface area contributed by atoms with E-state index in [0.29, 0.717) is 6.54 Å². The standard InChI is InChI=1S/C19H26F2N2O/c20-16-8-7-14(11-17(16)21)15-9-10-22-12-18(15)23-19(24)13-5-3-1-2-4-6-13/h7-8,11,13,15,18,22H,1-6,9-10,12H2,(H,23,24). The number of carbonyl (C=O) groups excluding carboxylic acids is 1. The third kappa shape index (κ3) is 4.12. The summed E-state index contributed by atoms with van der Waals surface area (Å²) < 4.78 is 26.8. The predicted octanol–water partition coefficient (Wildman–Crippen LogP) is 3.50. The van der Waals surface area contributed by atoms with Gasteiger partial charge in [0.1, 0.15) is 0 Å². The number of benzene rings is 1. The lowest BCUT2D eigenvalue weighted by Crippen LogP contribution is -2.51. The van der Waals surface area contributed by atoms with Gasteiger partial charge in [0, 0.05) is 24.4 Å². The van der Waals surface area contributed by atoms with Gasteiger partial charge in [0.25, 0.3) is 0 Å².